The molecule has 0 spiro atoms. The van der Waals surface area contributed by atoms with E-state index in [2.05, 4.69) is 20.3 Å². The molecule has 1 aromatic carbocycles. The number of ether oxygens (including phenoxy) is 1. The van der Waals surface area contributed by atoms with Gasteiger partial charge in [-0.05, 0) is 43.0 Å². The van der Waals surface area contributed by atoms with Crippen molar-refractivity contribution in [2.45, 2.75) is 45.0 Å². The molecule has 33 heavy (non-hydrogen) atoms. The summed E-state index contributed by atoms with van der Waals surface area (Å²) in [6.07, 6.45) is 4.35. The zero-order valence-corrected chi connectivity index (χ0v) is 18.2. The Morgan fingerprint density at radius 3 is 2.64 bits per heavy atom. The van der Waals surface area contributed by atoms with Gasteiger partial charge < -0.3 is 15.2 Å². The molecular formula is C24H24F2N4O3. The highest BCUT2D eigenvalue weighted by Crippen LogP contribution is 2.37. The number of halogens is 2. The maximum Gasteiger partial charge on any atom is 0.274 e. The fraction of sp³-hybridized carbons (Fsp3) is 0.333. The average molecular weight is 454 g/mol. The van der Waals surface area contributed by atoms with Gasteiger partial charge in [0.2, 0.25) is 0 Å². The van der Waals surface area contributed by atoms with Crippen LogP contribution < -0.4 is 5.32 Å². The van der Waals surface area contributed by atoms with Gasteiger partial charge in [-0.2, -0.15) is 0 Å². The lowest BCUT2D eigenvalue weighted by Crippen LogP contribution is -2.39. The maximum absolute atomic E-state index is 14.1. The number of benzene rings is 1. The minimum absolute atomic E-state index is 0.0579. The number of pyridine rings is 1. The molecule has 9 heteroatoms. The standard InChI is InChI=1S/C24H24F2N4O3/c1-13(2)22-19(31)6-7-20(33-22)14-8-10-27-12-18(14)30-24(32)17-9-11-28-23(29-17)21-15(25)4-3-5-16(21)26/h3-5,8-13,19-20,22,31H,6-7H2,1-2H3,(H,30,32). The van der Waals surface area contributed by atoms with Crippen LogP contribution in [0, 0.1) is 17.6 Å². The van der Waals surface area contributed by atoms with Crippen molar-refractivity contribution in [2.75, 3.05) is 5.32 Å². The van der Waals surface area contributed by atoms with Crippen molar-refractivity contribution in [2.24, 2.45) is 5.92 Å². The van der Waals surface area contributed by atoms with Crippen LogP contribution in [-0.2, 0) is 4.74 Å². The average Bonchev–Trinajstić information content (AvgIpc) is 2.80. The van der Waals surface area contributed by atoms with Gasteiger partial charge in [-0.1, -0.05) is 19.9 Å². The van der Waals surface area contributed by atoms with Crippen LogP contribution in [0.5, 0.6) is 0 Å². The first-order valence-corrected chi connectivity index (χ1v) is 10.7. The number of amides is 1. The second kappa shape index (κ2) is 9.68. The number of aromatic nitrogens is 3. The summed E-state index contributed by atoms with van der Waals surface area (Å²) in [6, 6.07) is 6.56. The highest BCUT2D eigenvalue weighted by molar-refractivity contribution is 6.03. The van der Waals surface area contributed by atoms with Crippen LogP contribution >= 0.6 is 0 Å². The SMILES string of the molecule is CC(C)C1OC(c2ccncc2NC(=O)c2ccnc(-c3c(F)cccc3F)n2)CCC1O. The van der Waals surface area contributed by atoms with E-state index >= 15 is 0 Å². The zero-order valence-electron chi connectivity index (χ0n) is 18.2. The molecule has 0 radical (unpaired) electrons. The number of aliphatic hydroxyl groups excluding tert-OH is 1. The van der Waals surface area contributed by atoms with Crippen molar-refractivity contribution in [3.63, 3.8) is 0 Å². The zero-order chi connectivity index (χ0) is 23.5. The molecule has 2 N–H and O–H groups in total. The molecule has 1 aliphatic heterocycles. The van der Waals surface area contributed by atoms with E-state index in [4.69, 9.17) is 4.74 Å². The van der Waals surface area contributed by atoms with E-state index in [-0.39, 0.29) is 29.6 Å². The van der Waals surface area contributed by atoms with Crippen molar-refractivity contribution < 1.29 is 23.4 Å². The molecule has 0 aliphatic carbocycles. The maximum atomic E-state index is 14.1. The third-order valence-corrected chi connectivity index (χ3v) is 5.61. The number of rotatable bonds is 5. The van der Waals surface area contributed by atoms with Gasteiger partial charge in [0, 0.05) is 18.0 Å². The molecule has 1 aliphatic rings. The van der Waals surface area contributed by atoms with E-state index in [1.807, 2.05) is 13.8 Å². The Kier molecular flexibility index (Phi) is 6.71. The third-order valence-electron chi connectivity index (χ3n) is 5.61. The van der Waals surface area contributed by atoms with Gasteiger partial charge in [0.05, 0.1) is 35.8 Å². The van der Waals surface area contributed by atoms with Gasteiger partial charge in [-0.25, -0.2) is 18.7 Å². The Labute approximate surface area is 189 Å². The fourth-order valence-electron chi connectivity index (χ4n) is 3.96. The van der Waals surface area contributed by atoms with E-state index in [0.29, 0.717) is 18.5 Å². The summed E-state index contributed by atoms with van der Waals surface area (Å²) < 4.78 is 34.4. The Morgan fingerprint density at radius 2 is 1.91 bits per heavy atom. The van der Waals surface area contributed by atoms with Crippen LogP contribution in [0.25, 0.3) is 11.4 Å². The Balaban J connectivity index is 1.58. The first-order chi connectivity index (χ1) is 15.8. The van der Waals surface area contributed by atoms with Gasteiger partial charge in [0.1, 0.15) is 17.3 Å². The summed E-state index contributed by atoms with van der Waals surface area (Å²) >= 11 is 0. The number of carbonyl (C=O) groups is 1. The molecule has 2 aromatic heterocycles. The largest absolute Gasteiger partial charge is 0.390 e. The number of carbonyl (C=O) groups excluding carboxylic acids is 1. The highest BCUT2D eigenvalue weighted by Gasteiger charge is 2.33. The molecule has 172 valence electrons. The van der Waals surface area contributed by atoms with E-state index in [9.17, 15) is 18.7 Å². The minimum atomic E-state index is -0.821. The molecule has 3 unspecified atom stereocenters. The summed E-state index contributed by atoms with van der Waals surface area (Å²) in [6.45, 7) is 3.97. The van der Waals surface area contributed by atoms with Crippen molar-refractivity contribution in [3.05, 3.63) is 71.8 Å². The molecular weight excluding hydrogens is 430 g/mol. The number of hydrogen-bond acceptors (Lipinski definition) is 6. The van der Waals surface area contributed by atoms with Crippen LogP contribution in [0.15, 0.2) is 48.9 Å². The summed E-state index contributed by atoms with van der Waals surface area (Å²) in [7, 11) is 0. The van der Waals surface area contributed by atoms with Crippen LogP contribution in [0.3, 0.4) is 0 Å². The lowest BCUT2D eigenvalue weighted by Gasteiger charge is -2.37. The first kappa shape index (κ1) is 22.9. The van der Waals surface area contributed by atoms with Gasteiger partial charge in [0.25, 0.3) is 5.91 Å². The summed E-state index contributed by atoms with van der Waals surface area (Å²) in [5, 5.41) is 13.0. The first-order valence-electron chi connectivity index (χ1n) is 10.7. The molecule has 1 saturated heterocycles. The van der Waals surface area contributed by atoms with E-state index in [1.54, 1.807) is 12.3 Å². The molecule has 3 atom stereocenters. The number of anilines is 1. The normalized spacial score (nSPS) is 20.6. The lowest BCUT2D eigenvalue weighted by molar-refractivity contribution is -0.137. The fourth-order valence-corrected chi connectivity index (χ4v) is 3.96. The molecule has 3 heterocycles. The van der Waals surface area contributed by atoms with Gasteiger partial charge >= 0.3 is 0 Å². The number of nitrogens with zero attached hydrogens (tertiary/aromatic N) is 3. The molecule has 0 saturated carbocycles. The molecule has 7 nitrogen and oxygen atoms in total. The molecule has 4 rings (SSSR count). The number of hydrogen-bond donors (Lipinski definition) is 2. The predicted octanol–water partition coefficient (Wildman–Crippen LogP) is 4.31. The van der Waals surface area contributed by atoms with Crippen LogP contribution in [0.2, 0.25) is 0 Å². The van der Waals surface area contributed by atoms with Crippen molar-refractivity contribution in [3.8, 4) is 11.4 Å². The number of aliphatic hydroxyl groups is 1. The predicted molar refractivity (Wildman–Crippen MR) is 117 cm³/mol. The third kappa shape index (κ3) is 4.89. The van der Waals surface area contributed by atoms with Gasteiger partial charge in [-0.3, -0.25) is 9.78 Å². The second-order valence-corrected chi connectivity index (χ2v) is 8.26. The molecule has 3 aromatic rings. The Bertz CT molecular complexity index is 1140. The summed E-state index contributed by atoms with van der Waals surface area (Å²) in [5.41, 5.74) is 0.703. The van der Waals surface area contributed by atoms with Crippen LogP contribution in [-0.4, -0.2) is 38.2 Å². The van der Waals surface area contributed by atoms with Crippen molar-refractivity contribution >= 4 is 11.6 Å². The van der Waals surface area contributed by atoms with E-state index < -0.39 is 29.2 Å². The second-order valence-electron chi connectivity index (χ2n) is 8.26. The van der Waals surface area contributed by atoms with E-state index in [0.717, 1.165) is 17.7 Å². The lowest BCUT2D eigenvalue weighted by atomic mass is 9.91. The topological polar surface area (TPSA) is 97.2 Å². The van der Waals surface area contributed by atoms with Crippen LogP contribution in [0.1, 0.15) is 48.8 Å². The molecule has 1 amide bonds. The van der Waals surface area contributed by atoms with Gasteiger partial charge in [-0.15, -0.1) is 0 Å². The smallest absolute Gasteiger partial charge is 0.274 e. The van der Waals surface area contributed by atoms with Crippen LogP contribution in [0.4, 0.5) is 14.5 Å². The summed E-state index contributed by atoms with van der Waals surface area (Å²) in [4.78, 5) is 25.0. The van der Waals surface area contributed by atoms with Crippen molar-refractivity contribution in [1.29, 1.82) is 0 Å². The Morgan fingerprint density at radius 1 is 1.15 bits per heavy atom. The molecule has 0 bridgehead atoms. The summed E-state index contributed by atoms with van der Waals surface area (Å²) in [5.74, 6) is -2.33. The number of nitrogens with one attached hydrogen (secondary N) is 1. The van der Waals surface area contributed by atoms with Crippen molar-refractivity contribution in [1.82, 2.24) is 15.0 Å². The monoisotopic (exact) mass is 454 g/mol. The quantitative estimate of drug-likeness (QED) is 0.597. The Hall–Kier alpha value is -3.30. The van der Waals surface area contributed by atoms with Gasteiger partial charge in [0.15, 0.2) is 5.82 Å². The van der Waals surface area contributed by atoms with E-state index in [1.165, 1.54) is 24.5 Å². The molecule has 1 fully saturated rings. The minimum Gasteiger partial charge on any atom is -0.390 e. The highest BCUT2D eigenvalue weighted by atomic mass is 19.1.